The summed E-state index contributed by atoms with van der Waals surface area (Å²) in [6, 6.07) is 0. The van der Waals surface area contributed by atoms with Gasteiger partial charge in [-0.25, -0.2) is 0 Å². The maximum absolute atomic E-state index is 12.8. The van der Waals surface area contributed by atoms with E-state index in [1.807, 2.05) is 60.8 Å². The second-order valence-corrected chi connectivity index (χ2v) is 17.6. The van der Waals surface area contributed by atoms with E-state index in [0.29, 0.717) is 19.3 Å². The Kier molecular flexibility index (Phi) is 50.0. The molecule has 0 aliphatic heterocycles. The van der Waals surface area contributed by atoms with Crippen molar-refractivity contribution in [1.29, 1.82) is 0 Å². The average molecular weight is 903 g/mol. The first-order chi connectivity index (χ1) is 32.0. The van der Waals surface area contributed by atoms with E-state index in [4.69, 9.17) is 14.2 Å². The molecular weight excluding hydrogens is 805 g/mol. The van der Waals surface area contributed by atoms with Crippen LogP contribution in [-0.4, -0.2) is 37.2 Å². The highest BCUT2D eigenvalue weighted by atomic mass is 16.6. The molecule has 0 heterocycles. The zero-order chi connectivity index (χ0) is 47.2. The number of hydrogen-bond donors (Lipinski definition) is 0. The number of carbonyl (C=O) groups excluding carboxylic acids is 3. The SMILES string of the molecule is CC\C=C/C=C\C=C/C=C\C=C\C=C/CCCCCC(=O)OC(COC(=O)CCCCCCC/C=C\C=C/CCCCCCCCC)COC(=O)CCCCCCCCCCCCCC. The number of carbonyl (C=O) groups is 3. The molecule has 0 saturated heterocycles. The van der Waals surface area contributed by atoms with Crippen LogP contribution in [0.2, 0.25) is 0 Å². The zero-order valence-corrected chi connectivity index (χ0v) is 42.2. The Hall–Kier alpha value is -3.67. The van der Waals surface area contributed by atoms with Gasteiger partial charge in [0.1, 0.15) is 13.2 Å². The van der Waals surface area contributed by atoms with E-state index in [0.717, 1.165) is 83.5 Å². The lowest BCUT2D eigenvalue weighted by atomic mass is 10.0. The highest BCUT2D eigenvalue weighted by Crippen LogP contribution is 2.14. The molecule has 0 saturated carbocycles. The van der Waals surface area contributed by atoms with E-state index in [1.165, 1.54) is 109 Å². The van der Waals surface area contributed by atoms with Crippen LogP contribution in [0.4, 0.5) is 0 Å². The number of esters is 3. The van der Waals surface area contributed by atoms with Gasteiger partial charge >= 0.3 is 17.9 Å². The van der Waals surface area contributed by atoms with Gasteiger partial charge < -0.3 is 14.2 Å². The topological polar surface area (TPSA) is 78.9 Å². The van der Waals surface area contributed by atoms with Crippen molar-refractivity contribution in [3.05, 3.63) is 97.2 Å². The largest absolute Gasteiger partial charge is 0.462 e. The third-order valence-corrected chi connectivity index (χ3v) is 11.3. The fraction of sp³-hybridized carbons (Fsp3) is 0.678. The molecule has 0 amide bonds. The maximum atomic E-state index is 12.8. The van der Waals surface area contributed by atoms with Crippen LogP contribution >= 0.6 is 0 Å². The molecule has 370 valence electrons. The summed E-state index contributed by atoms with van der Waals surface area (Å²) in [6.45, 7) is 6.43. The molecule has 6 heteroatoms. The molecule has 65 heavy (non-hydrogen) atoms. The predicted molar refractivity (Wildman–Crippen MR) is 279 cm³/mol. The van der Waals surface area contributed by atoms with Crippen molar-refractivity contribution in [2.24, 2.45) is 0 Å². The van der Waals surface area contributed by atoms with Crippen molar-refractivity contribution < 1.29 is 28.6 Å². The van der Waals surface area contributed by atoms with Crippen LogP contribution in [0.25, 0.3) is 0 Å². The Morgan fingerprint density at radius 1 is 0.323 bits per heavy atom. The van der Waals surface area contributed by atoms with E-state index in [2.05, 4.69) is 57.2 Å². The van der Waals surface area contributed by atoms with Crippen LogP contribution in [0.3, 0.4) is 0 Å². The first kappa shape index (κ1) is 61.3. The fourth-order valence-electron chi connectivity index (χ4n) is 7.23. The van der Waals surface area contributed by atoms with Gasteiger partial charge in [0, 0.05) is 19.3 Å². The molecule has 6 nitrogen and oxygen atoms in total. The molecule has 0 aliphatic carbocycles. The molecule has 0 aromatic heterocycles. The van der Waals surface area contributed by atoms with E-state index in [9.17, 15) is 14.4 Å². The summed E-state index contributed by atoms with van der Waals surface area (Å²) in [4.78, 5) is 38.0. The van der Waals surface area contributed by atoms with Crippen molar-refractivity contribution in [3.8, 4) is 0 Å². The smallest absolute Gasteiger partial charge is 0.306 e. The van der Waals surface area contributed by atoms with Gasteiger partial charge in [0.15, 0.2) is 6.10 Å². The molecule has 0 spiro atoms. The average Bonchev–Trinajstić information content (AvgIpc) is 3.30. The number of unbranched alkanes of at least 4 members (excludes halogenated alkanes) is 26. The van der Waals surface area contributed by atoms with Gasteiger partial charge in [-0.15, -0.1) is 0 Å². The molecule has 0 fully saturated rings. The molecule has 0 bridgehead atoms. The summed E-state index contributed by atoms with van der Waals surface area (Å²) in [7, 11) is 0. The van der Waals surface area contributed by atoms with Gasteiger partial charge in [0.2, 0.25) is 0 Å². The quantitative estimate of drug-likeness (QED) is 0.0262. The minimum Gasteiger partial charge on any atom is -0.462 e. The highest BCUT2D eigenvalue weighted by molar-refractivity contribution is 5.71. The van der Waals surface area contributed by atoms with Gasteiger partial charge in [-0.2, -0.15) is 0 Å². The van der Waals surface area contributed by atoms with Crippen molar-refractivity contribution in [2.75, 3.05) is 13.2 Å². The molecule has 0 aromatic rings. The molecule has 0 N–H and O–H groups in total. The summed E-state index contributed by atoms with van der Waals surface area (Å²) in [6.07, 6.45) is 69.6. The minimum atomic E-state index is -0.806. The Balaban J connectivity index is 4.50. The number of allylic oxidation sites excluding steroid dienone is 16. The van der Waals surface area contributed by atoms with E-state index in [-0.39, 0.29) is 37.5 Å². The van der Waals surface area contributed by atoms with Crippen molar-refractivity contribution >= 4 is 17.9 Å². The molecular formula is C59H98O6. The molecule has 0 aliphatic rings. The lowest BCUT2D eigenvalue weighted by molar-refractivity contribution is -0.167. The van der Waals surface area contributed by atoms with Crippen LogP contribution < -0.4 is 0 Å². The predicted octanol–water partition coefficient (Wildman–Crippen LogP) is 17.8. The highest BCUT2D eigenvalue weighted by Gasteiger charge is 2.19. The minimum absolute atomic E-state index is 0.100. The lowest BCUT2D eigenvalue weighted by Gasteiger charge is -2.18. The Bertz CT molecular complexity index is 1310. The van der Waals surface area contributed by atoms with Crippen LogP contribution in [0.5, 0.6) is 0 Å². The van der Waals surface area contributed by atoms with Crippen LogP contribution in [-0.2, 0) is 28.6 Å². The van der Waals surface area contributed by atoms with E-state index < -0.39 is 6.10 Å². The normalized spacial score (nSPS) is 12.8. The second kappa shape index (κ2) is 52.9. The summed E-state index contributed by atoms with van der Waals surface area (Å²) >= 11 is 0. The summed E-state index contributed by atoms with van der Waals surface area (Å²) in [5.41, 5.74) is 0. The Labute approximate surface area is 400 Å². The Morgan fingerprint density at radius 3 is 0.969 bits per heavy atom. The molecule has 0 radical (unpaired) electrons. The van der Waals surface area contributed by atoms with Crippen molar-refractivity contribution in [1.82, 2.24) is 0 Å². The number of ether oxygens (including phenoxy) is 3. The monoisotopic (exact) mass is 903 g/mol. The van der Waals surface area contributed by atoms with Crippen LogP contribution in [0, 0.1) is 0 Å². The lowest BCUT2D eigenvalue weighted by Crippen LogP contribution is -2.30. The van der Waals surface area contributed by atoms with Crippen molar-refractivity contribution in [2.45, 2.75) is 245 Å². The third kappa shape index (κ3) is 51.2. The van der Waals surface area contributed by atoms with Gasteiger partial charge in [-0.3, -0.25) is 14.4 Å². The van der Waals surface area contributed by atoms with Gasteiger partial charge in [-0.1, -0.05) is 253 Å². The summed E-state index contributed by atoms with van der Waals surface area (Å²) in [5.74, 6) is -0.960. The standard InChI is InChI=1S/C59H98O6/c1-4-7-10-13-16-19-22-25-27-29-31-32-34-37-40-43-46-49-52-58(61)64-55-56(54-63-57(60)51-48-45-42-39-36-24-21-18-15-12-9-6-3)65-59(62)53-50-47-44-41-38-35-33-30-28-26-23-20-17-14-11-8-5-2/h8,11,14,17,20,23,26-33,35,38,56H,4-7,9-10,12-13,15-16,18-19,21-22,24-25,34,36-37,39-55H2,1-3H3/b11-8-,17-14-,23-20-,28-26-,29-27-,32-31-,33-30+,38-35-. The Morgan fingerprint density at radius 2 is 0.600 bits per heavy atom. The number of rotatable bonds is 47. The summed E-state index contributed by atoms with van der Waals surface area (Å²) in [5, 5.41) is 0. The first-order valence-corrected chi connectivity index (χ1v) is 26.8. The fourth-order valence-corrected chi connectivity index (χ4v) is 7.23. The summed E-state index contributed by atoms with van der Waals surface area (Å²) < 4.78 is 16.8. The first-order valence-electron chi connectivity index (χ1n) is 26.8. The van der Waals surface area contributed by atoms with Crippen LogP contribution in [0.15, 0.2) is 97.2 Å². The molecule has 1 atom stereocenters. The van der Waals surface area contributed by atoms with Gasteiger partial charge in [0.25, 0.3) is 0 Å². The second-order valence-electron chi connectivity index (χ2n) is 17.6. The van der Waals surface area contributed by atoms with Gasteiger partial charge in [-0.05, 0) is 64.2 Å². The van der Waals surface area contributed by atoms with E-state index >= 15 is 0 Å². The molecule has 0 rings (SSSR count). The van der Waals surface area contributed by atoms with E-state index in [1.54, 1.807) is 0 Å². The maximum Gasteiger partial charge on any atom is 0.306 e. The molecule has 1 unspecified atom stereocenters. The third-order valence-electron chi connectivity index (χ3n) is 11.3. The van der Waals surface area contributed by atoms with Crippen molar-refractivity contribution in [3.63, 3.8) is 0 Å². The zero-order valence-electron chi connectivity index (χ0n) is 42.2. The van der Waals surface area contributed by atoms with Crippen LogP contribution in [0.1, 0.15) is 239 Å². The molecule has 0 aromatic carbocycles. The van der Waals surface area contributed by atoms with Gasteiger partial charge in [0.05, 0.1) is 0 Å². The number of hydrogen-bond acceptors (Lipinski definition) is 6.